The average molecular weight is 333 g/mol. The van der Waals surface area contributed by atoms with E-state index in [9.17, 15) is 18.8 Å². The van der Waals surface area contributed by atoms with E-state index >= 15 is 0 Å². The Morgan fingerprint density at radius 1 is 1.25 bits per heavy atom. The molecule has 2 aromatic rings. The van der Waals surface area contributed by atoms with E-state index < -0.39 is 24.2 Å². The van der Waals surface area contributed by atoms with Crippen LogP contribution in [0.1, 0.15) is 29.5 Å². The molecule has 0 fully saturated rings. The Balaban J connectivity index is 1.85. The number of carbonyl (C=O) groups is 3. The van der Waals surface area contributed by atoms with Crippen LogP contribution in [0, 0.1) is 5.82 Å². The van der Waals surface area contributed by atoms with Gasteiger partial charge in [-0.1, -0.05) is 0 Å². The maximum absolute atomic E-state index is 13.9. The summed E-state index contributed by atoms with van der Waals surface area (Å²) in [5.74, 6) is -1.74. The van der Waals surface area contributed by atoms with Gasteiger partial charge in [0.2, 0.25) is 11.7 Å². The number of rotatable bonds is 7. The topological polar surface area (TPSA) is 85.6 Å². The third-order valence-corrected chi connectivity index (χ3v) is 3.11. The summed E-state index contributed by atoms with van der Waals surface area (Å²) < 4.78 is 23.8. The number of esters is 1. The van der Waals surface area contributed by atoms with Gasteiger partial charge in [0, 0.05) is 19.0 Å². The number of aryl methyl sites for hydroxylation is 1. The molecule has 0 spiro atoms. The van der Waals surface area contributed by atoms with Gasteiger partial charge in [0.15, 0.2) is 6.61 Å². The molecule has 6 nitrogen and oxygen atoms in total. The van der Waals surface area contributed by atoms with Crippen molar-refractivity contribution in [1.29, 1.82) is 0 Å². The number of nitrogens with one attached hydrogen (secondary N) is 1. The van der Waals surface area contributed by atoms with Crippen molar-refractivity contribution in [3.8, 4) is 0 Å². The zero-order valence-corrected chi connectivity index (χ0v) is 13.0. The van der Waals surface area contributed by atoms with Crippen molar-refractivity contribution >= 4 is 23.3 Å². The Bertz CT molecular complexity index is 739. The number of carbonyl (C=O) groups excluding carboxylic acids is 3. The Morgan fingerprint density at radius 3 is 2.67 bits per heavy atom. The van der Waals surface area contributed by atoms with Crippen molar-refractivity contribution in [2.45, 2.75) is 19.8 Å². The molecule has 0 aliphatic rings. The standard InChI is InChI=1S/C17H16FNO5/c1-11(20)19-12-4-6-14(15(18)9-12)16(21)10-24-17(22)7-5-13-3-2-8-23-13/h2-4,6,8-9H,5,7,10H2,1H3,(H,19,20). The van der Waals surface area contributed by atoms with Crippen molar-refractivity contribution in [2.75, 3.05) is 11.9 Å². The van der Waals surface area contributed by atoms with Gasteiger partial charge in [0.05, 0.1) is 18.2 Å². The van der Waals surface area contributed by atoms with E-state index in [1.807, 2.05) is 0 Å². The number of anilines is 1. The molecule has 0 saturated carbocycles. The minimum absolute atomic E-state index is 0.0603. The molecule has 7 heteroatoms. The molecule has 0 bridgehead atoms. The molecule has 1 amide bonds. The van der Waals surface area contributed by atoms with E-state index in [-0.39, 0.29) is 23.6 Å². The van der Waals surface area contributed by atoms with E-state index in [0.29, 0.717) is 12.2 Å². The lowest BCUT2D eigenvalue weighted by molar-refractivity contribution is -0.142. The summed E-state index contributed by atoms with van der Waals surface area (Å²) in [5, 5.41) is 2.41. The van der Waals surface area contributed by atoms with Gasteiger partial charge in [0.1, 0.15) is 11.6 Å². The Morgan fingerprint density at radius 2 is 2.04 bits per heavy atom. The summed E-state index contributed by atoms with van der Waals surface area (Å²) in [4.78, 5) is 34.4. The predicted octanol–water partition coefficient (Wildman–Crippen LogP) is 2.74. The monoisotopic (exact) mass is 333 g/mol. The number of benzene rings is 1. The van der Waals surface area contributed by atoms with Crippen LogP contribution in [0.15, 0.2) is 41.0 Å². The highest BCUT2D eigenvalue weighted by atomic mass is 19.1. The average Bonchev–Trinajstić information content (AvgIpc) is 3.03. The number of Topliss-reactive ketones (excluding diaryl/α,β-unsaturated/α-hetero) is 1. The molecule has 126 valence electrons. The number of hydrogen-bond donors (Lipinski definition) is 1. The van der Waals surface area contributed by atoms with E-state index in [2.05, 4.69) is 5.32 Å². The first-order chi connectivity index (χ1) is 11.5. The molecular weight excluding hydrogens is 317 g/mol. The van der Waals surface area contributed by atoms with Crippen molar-refractivity contribution in [2.24, 2.45) is 0 Å². The third kappa shape index (κ3) is 5.05. The van der Waals surface area contributed by atoms with Crippen LogP contribution in [0.4, 0.5) is 10.1 Å². The van der Waals surface area contributed by atoms with Crippen molar-refractivity contribution in [3.05, 3.63) is 53.7 Å². The zero-order valence-electron chi connectivity index (χ0n) is 13.0. The fourth-order valence-corrected chi connectivity index (χ4v) is 2.00. The highest BCUT2D eigenvalue weighted by molar-refractivity contribution is 5.99. The number of halogens is 1. The molecule has 1 aromatic heterocycles. The maximum Gasteiger partial charge on any atom is 0.306 e. The highest BCUT2D eigenvalue weighted by Crippen LogP contribution is 2.15. The van der Waals surface area contributed by atoms with Crippen LogP contribution in [0.2, 0.25) is 0 Å². The van der Waals surface area contributed by atoms with Crippen molar-refractivity contribution in [3.63, 3.8) is 0 Å². The van der Waals surface area contributed by atoms with Crippen LogP contribution in [0.5, 0.6) is 0 Å². The lowest BCUT2D eigenvalue weighted by atomic mass is 10.1. The largest absolute Gasteiger partial charge is 0.469 e. The normalized spacial score (nSPS) is 10.2. The molecule has 0 aliphatic heterocycles. The van der Waals surface area contributed by atoms with Crippen LogP contribution in [-0.4, -0.2) is 24.3 Å². The minimum atomic E-state index is -0.794. The highest BCUT2D eigenvalue weighted by Gasteiger charge is 2.15. The molecule has 0 atom stereocenters. The minimum Gasteiger partial charge on any atom is -0.469 e. The number of furan rings is 1. The first kappa shape index (κ1) is 17.4. The van der Waals surface area contributed by atoms with E-state index in [1.165, 1.54) is 25.3 Å². The summed E-state index contributed by atoms with van der Waals surface area (Å²) in [6, 6.07) is 7.10. The van der Waals surface area contributed by atoms with Crippen LogP contribution in [0.25, 0.3) is 0 Å². The van der Waals surface area contributed by atoms with Gasteiger partial charge in [-0.25, -0.2) is 4.39 Å². The van der Waals surface area contributed by atoms with Gasteiger partial charge >= 0.3 is 5.97 Å². The first-order valence-corrected chi connectivity index (χ1v) is 7.24. The summed E-state index contributed by atoms with van der Waals surface area (Å²) in [6.07, 6.45) is 1.92. The molecule has 2 rings (SSSR count). The summed E-state index contributed by atoms with van der Waals surface area (Å²) in [5.41, 5.74) is 0.0370. The van der Waals surface area contributed by atoms with E-state index in [4.69, 9.17) is 9.15 Å². The summed E-state index contributed by atoms with van der Waals surface area (Å²) >= 11 is 0. The summed E-state index contributed by atoms with van der Waals surface area (Å²) in [6.45, 7) is 0.743. The third-order valence-electron chi connectivity index (χ3n) is 3.11. The van der Waals surface area contributed by atoms with Gasteiger partial charge in [-0.2, -0.15) is 0 Å². The molecule has 0 unspecified atom stereocenters. The van der Waals surface area contributed by atoms with Gasteiger partial charge in [-0.3, -0.25) is 14.4 Å². The smallest absolute Gasteiger partial charge is 0.306 e. The second-order valence-electron chi connectivity index (χ2n) is 5.04. The molecule has 0 saturated heterocycles. The van der Waals surface area contributed by atoms with Gasteiger partial charge in [-0.05, 0) is 30.3 Å². The fourth-order valence-electron chi connectivity index (χ4n) is 2.00. The fraction of sp³-hybridized carbons (Fsp3) is 0.235. The molecule has 1 heterocycles. The van der Waals surface area contributed by atoms with Gasteiger partial charge < -0.3 is 14.5 Å². The first-order valence-electron chi connectivity index (χ1n) is 7.24. The quantitative estimate of drug-likeness (QED) is 0.622. The Hall–Kier alpha value is -2.96. The van der Waals surface area contributed by atoms with Gasteiger partial charge in [-0.15, -0.1) is 0 Å². The zero-order chi connectivity index (χ0) is 17.5. The van der Waals surface area contributed by atoms with Crippen LogP contribution >= 0.6 is 0 Å². The van der Waals surface area contributed by atoms with Crippen LogP contribution in [-0.2, 0) is 20.7 Å². The van der Waals surface area contributed by atoms with E-state index in [1.54, 1.807) is 12.1 Å². The van der Waals surface area contributed by atoms with Gasteiger partial charge in [0.25, 0.3) is 0 Å². The maximum atomic E-state index is 13.9. The lowest BCUT2D eigenvalue weighted by Gasteiger charge is -2.07. The van der Waals surface area contributed by atoms with Crippen LogP contribution in [0.3, 0.4) is 0 Å². The van der Waals surface area contributed by atoms with Crippen molar-refractivity contribution < 1.29 is 27.9 Å². The predicted molar refractivity (Wildman–Crippen MR) is 83.0 cm³/mol. The summed E-state index contributed by atoms with van der Waals surface area (Å²) in [7, 11) is 0. The molecule has 0 aliphatic carbocycles. The number of ketones is 1. The van der Waals surface area contributed by atoms with E-state index in [0.717, 1.165) is 6.07 Å². The van der Waals surface area contributed by atoms with Crippen molar-refractivity contribution in [1.82, 2.24) is 0 Å². The molecule has 0 radical (unpaired) electrons. The number of amides is 1. The Kier molecular flexibility index (Phi) is 5.83. The second-order valence-corrected chi connectivity index (χ2v) is 5.04. The SMILES string of the molecule is CC(=O)Nc1ccc(C(=O)COC(=O)CCc2ccco2)c(F)c1. The number of ether oxygens (including phenoxy) is 1. The Labute approximate surface area is 137 Å². The molecule has 1 N–H and O–H groups in total. The number of hydrogen-bond acceptors (Lipinski definition) is 5. The van der Waals surface area contributed by atoms with Crippen LogP contribution < -0.4 is 5.32 Å². The second kappa shape index (κ2) is 8.05. The lowest BCUT2D eigenvalue weighted by Crippen LogP contribution is -2.16. The molecule has 24 heavy (non-hydrogen) atoms. The molecule has 1 aromatic carbocycles. The molecular formula is C17H16FNO5.